The van der Waals surface area contributed by atoms with E-state index in [2.05, 4.69) is 243 Å². The van der Waals surface area contributed by atoms with Gasteiger partial charge in [0.1, 0.15) is 24.0 Å². The van der Waals surface area contributed by atoms with Crippen LogP contribution < -0.4 is 0 Å². The Bertz CT molecular complexity index is 2130. The van der Waals surface area contributed by atoms with Crippen molar-refractivity contribution in [2.45, 2.75) is 337 Å². The number of thiophene rings is 2. The highest BCUT2D eigenvalue weighted by Gasteiger charge is 2.04. The van der Waals surface area contributed by atoms with Crippen LogP contribution in [-0.2, 0) is 0 Å². The zero-order chi connectivity index (χ0) is 79.8. The van der Waals surface area contributed by atoms with E-state index in [4.69, 9.17) is 13.4 Å². The fraction of sp³-hybridized carbons (Fsp3) is 0.586. The van der Waals surface area contributed by atoms with Crippen LogP contribution in [0.25, 0.3) is 0 Å². The smallest absolute Gasteiger partial charge is 0.139 e. The molecule has 0 aliphatic heterocycles. The molecule has 13 heteroatoms. The highest BCUT2D eigenvalue weighted by molar-refractivity contribution is 7.10. The number of aromatic nitrogens is 5. The van der Waals surface area contributed by atoms with E-state index in [0.717, 1.165) is 29.2 Å². The minimum atomic E-state index is 0.456. The van der Waals surface area contributed by atoms with Crippen LogP contribution in [-0.4, -0.2) is 24.4 Å². The lowest BCUT2D eigenvalue weighted by Crippen LogP contribution is -1.94. The highest BCUT2D eigenvalue weighted by Crippen LogP contribution is 2.21. The van der Waals surface area contributed by atoms with Crippen LogP contribution in [0.15, 0.2) is 191 Å². The molecule has 10 nitrogen and oxygen atoms in total. The zero-order valence-electron chi connectivity index (χ0n) is 72.1. The third-order valence-electron chi connectivity index (χ3n) is 11.6. The normalized spacial score (nSPS) is 9.48. The second-order valence-corrected chi connectivity index (χ2v) is 24.4. The molecule has 0 aromatic carbocycles. The second kappa shape index (κ2) is 89.1. The fourth-order valence-electron chi connectivity index (χ4n) is 6.11. The first kappa shape index (κ1) is 115. The number of nitrogens with zero attached hydrogens (tertiary/aromatic N) is 5. The molecule has 0 spiro atoms. The van der Waals surface area contributed by atoms with Gasteiger partial charge in [0.05, 0.1) is 36.9 Å². The molecule has 10 rings (SSSR count). The Morgan fingerprint density at radius 1 is 0.420 bits per heavy atom. The molecule has 9 aromatic heterocycles. The first-order valence-electron chi connectivity index (χ1n) is 38.3. The summed E-state index contributed by atoms with van der Waals surface area (Å²) >= 11 is 5.18. The van der Waals surface area contributed by atoms with Gasteiger partial charge in [0, 0.05) is 63.9 Å². The van der Waals surface area contributed by atoms with Crippen molar-refractivity contribution < 1.29 is 22.4 Å². The summed E-state index contributed by atoms with van der Waals surface area (Å²) in [5.41, 5.74) is 6.39. The monoisotopic (exact) mass is 1450 g/mol. The molecule has 0 saturated carbocycles. The van der Waals surface area contributed by atoms with E-state index in [1.165, 1.54) is 26.5 Å². The van der Waals surface area contributed by atoms with E-state index in [9.17, 15) is 0 Å². The van der Waals surface area contributed by atoms with Crippen LogP contribution >= 0.6 is 34.2 Å². The summed E-state index contributed by atoms with van der Waals surface area (Å²) in [4.78, 5) is 2.84. The minimum absolute atomic E-state index is 0.456. The molecular formula is C87H159N5O5S3. The Balaban J connectivity index is -0.000000109. The quantitative estimate of drug-likeness (QED) is 0.132. The molecule has 9 heterocycles. The molecule has 0 amide bonds. The average Bonchev–Trinajstić information content (AvgIpc) is 3.90. The van der Waals surface area contributed by atoms with Crippen molar-refractivity contribution in [1.82, 2.24) is 24.4 Å². The Morgan fingerprint density at radius 2 is 0.960 bits per heavy atom. The van der Waals surface area contributed by atoms with Gasteiger partial charge in [0.15, 0.2) is 0 Å². The average molecular weight is 1450 g/mol. The summed E-state index contributed by atoms with van der Waals surface area (Å²) < 4.78 is 30.2. The van der Waals surface area contributed by atoms with E-state index in [0.29, 0.717) is 59.3 Å². The summed E-state index contributed by atoms with van der Waals surface area (Å²) in [6.07, 6.45) is 25.7. The maximum atomic E-state index is 5.09. The molecular weight excluding hydrogens is 1290 g/mol. The number of hydrogen-bond acceptors (Lipinski definition) is 12. The molecule has 1 aliphatic carbocycles. The molecule has 100 heavy (non-hydrogen) atoms. The van der Waals surface area contributed by atoms with Gasteiger partial charge in [-0.15, -0.1) is 11.3 Å². The Labute approximate surface area is 632 Å². The molecule has 9 aromatic rings. The predicted molar refractivity (Wildman–Crippen MR) is 455 cm³/mol. The van der Waals surface area contributed by atoms with E-state index in [1.807, 2.05) is 198 Å². The summed E-state index contributed by atoms with van der Waals surface area (Å²) in [7, 11) is 0. The van der Waals surface area contributed by atoms with Gasteiger partial charge in [-0.05, 0) is 155 Å². The van der Waals surface area contributed by atoms with E-state index in [-0.39, 0.29) is 0 Å². The molecule has 580 valence electrons. The lowest BCUT2D eigenvalue weighted by molar-refractivity contribution is 0.371. The van der Waals surface area contributed by atoms with Crippen LogP contribution in [0.5, 0.6) is 0 Å². The van der Waals surface area contributed by atoms with Crippen molar-refractivity contribution in [3.63, 3.8) is 0 Å². The van der Waals surface area contributed by atoms with Gasteiger partial charge in [-0.1, -0.05) is 303 Å². The van der Waals surface area contributed by atoms with Gasteiger partial charge in [0.2, 0.25) is 0 Å². The number of allylic oxidation sites excluding steroid dienone is 4. The molecule has 1 aliphatic rings. The molecule has 0 radical (unpaired) electrons. The topological polar surface area (TPSA) is 122 Å². The molecule has 0 saturated heterocycles. The first-order valence-corrected chi connectivity index (χ1v) is 40.8. The van der Waals surface area contributed by atoms with Crippen LogP contribution in [0, 0.1) is 5.92 Å². The summed E-state index contributed by atoms with van der Waals surface area (Å²) in [6, 6.07) is 22.9. The van der Waals surface area contributed by atoms with Gasteiger partial charge in [-0.2, -0.15) is 11.3 Å². The van der Waals surface area contributed by atoms with E-state index < -0.39 is 0 Å². The predicted octanol–water partition coefficient (Wildman–Crippen LogP) is 33.1. The van der Waals surface area contributed by atoms with Gasteiger partial charge in [0.25, 0.3) is 0 Å². The van der Waals surface area contributed by atoms with E-state index in [1.54, 1.807) is 66.6 Å². The van der Waals surface area contributed by atoms with Crippen LogP contribution in [0.3, 0.4) is 0 Å². The van der Waals surface area contributed by atoms with Gasteiger partial charge >= 0.3 is 0 Å². The third-order valence-corrected chi connectivity index (χ3v) is 14.5. The molecule has 0 atom stereocenters. The second-order valence-electron chi connectivity index (χ2n) is 21.8. The molecule has 0 fully saturated rings. The summed E-state index contributed by atoms with van der Waals surface area (Å²) in [6.45, 7) is 83.0. The molecule has 0 unspecified atom stereocenters. The molecule has 0 bridgehead atoms. The minimum Gasteiger partial charge on any atom is -0.472 e. The van der Waals surface area contributed by atoms with Crippen molar-refractivity contribution in [3.05, 3.63) is 213 Å². The maximum Gasteiger partial charge on any atom is 0.139 e. The SMILES string of the molecule is CC.CC.CC.CC.CC.CC.CC.CC.CC.CC.CC(C)C1=CCC=C1.CC(C)c1ccco1.CC(C)c1cccs1.CC(C)c1ccno1.CC(C)c1ccns1.CC(C)c1ccoc1.CC(C)c1ccon1.CC(C)c1ccsc1.CC(C)c1cnoc1.CC(C)n1cccc1. The largest absolute Gasteiger partial charge is 0.472 e. The van der Waals surface area contributed by atoms with Crippen molar-refractivity contribution >= 4 is 34.2 Å². The van der Waals surface area contributed by atoms with Crippen molar-refractivity contribution in [3.8, 4) is 0 Å². The number of hydrogen-bond donors (Lipinski definition) is 0. The zero-order valence-corrected chi connectivity index (χ0v) is 74.5. The lowest BCUT2D eigenvalue weighted by atomic mass is 10.1. The van der Waals surface area contributed by atoms with Crippen LogP contribution in [0.2, 0.25) is 0 Å². The van der Waals surface area contributed by atoms with Crippen LogP contribution in [0.4, 0.5) is 0 Å². The standard InChI is InChI=1S/C8H12.C7H11N.2C7H10O.2C7H10S.3C6H9NO.C6H9NS.10C2H6/c2*1-7(2)8-5-3-4-6-8;1-6(2)7-3-4-8-5-7;1-6(2)7-4-3-5-8-7;1-6(2)7-3-4-8-5-7;1-6(2)7-4-3-5-8-7;1-5(2)6-3-7-8-4-6;1-5(2)6-3-4-8-7-6;2*1-5(2)6-3-4-7-8-6;10*1-2/h3,5-7H,4H2,1-2H3;3-7H,1-2H3;4*3-6H,1-2H3;4*3-5H,1-2H3;10*1-2H3. The van der Waals surface area contributed by atoms with E-state index >= 15 is 0 Å². The van der Waals surface area contributed by atoms with Crippen LogP contribution in [0.1, 0.15) is 380 Å². The lowest BCUT2D eigenvalue weighted by Gasteiger charge is -2.03. The van der Waals surface area contributed by atoms with Gasteiger partial charge in [-0.3, -0.25) is 0 Å². The highest BCUT2D eigenvalue weighted by atomic mass is 32.1. The van der Waals surface area contributed by atoms with Crippen molar-refractivity contribution in [1.29, 1.82) is 0 Å². The summed E-state index contributed by atoms with van der Waals surface area (Å²) in [5, 5.41) is 17.3. The first-order chi connectivity index (χ1) is 48.0. The maximum absolute atomic E-state index is 5.09. The number of rotatable bonds is 10. The summed E-state index contributed by atoms with van der Waals surface area (Å²) in [5.74, 6) is 7.34. The van der Waals surface area contributed by atoms with Gasteiger partial charge < -0.3 is 27.0 Å². The Morgan fingerprint density at radius 3 is 1.16 bits per heavy atom. The van der Waals surface area contributed by atoms with Crippen molar-refractivity contribution in [2.75, 3.05) is 0 Å². The van der Waals surface area contributed by atoms with Gasteiger partial charge in [-0.25, -0.2) is 4.37 Å². The Hall–Kier alpha value is -6.02. The molecule has 0 N–H and O–H groups in total. The number of furan rings is 2. The Kier molecular flexibility index (Phi) is 103. The van der Waals surface area contributed by atoms with Crippen molar-refractivity contribution in [2.24, 2.45) is 5.92 Å². The fourth-order valence-corrected chi connectivity index (χ4v) is 8.25. The third kappa shape index (κ3) is 70.4.